The lowest BCUT2D eigenvalue weighted by Gasteiger charge is -2.11. The van der Waals surface area contributed by atoms with Crippen LogP contribution in [-0.4, -0.2) is 7.11 Å². The third-order valence-corrected chi connectivity index (χ3v) is 2.99. The summed E-state index contributed by atoms with van der Waals surface area (Å²) >= 11 is 11.9. The molecular weight excluding hydrogens is 271 g/mol. The highest BCUT2D eigenvalue weighted by Crippen LogP contribution is 2.31. The molecular formula is C13H12Cl2N2O. The minimum Gasteiger partial charge on any atom is -0.495 e. The number of nitrogens with one attached hydrogen (secondary N) is 1. The number of hydrogen-bond acceptors (Lipinski definition) is 3. The zero-order valence-electron chi connectivity index (χ0n) is 9.71. The number of hydrogen-bond donors (Lipinski definition) is 2. The van der Waals surface area contributed by atoms with E-state index in [4.69, 9.17) is 33.7 Å². The Hall–Kier alpha value is -1.58. The fourth-order valence-electron chi connectivity index (χ4n) is 1.54. The molecule has 2 rings (SSSR count). The highest BCUT2D eigenvalue weighted by Gasteiger charge is 2.04. The van der Waals surface area contributed by atoms with Crippen molar-refractivity contribution in [3.05, 3.63) is 46.4 Å². The van der Waals surface area contributed by atoms with Crippen molar-refractivity contribution in [1.82, 2.24) is 0 Å². The number of ether oxygens (including phenoxy) is 1. The van der Waals surface area contributed by atoms with Gasteiger partial charge in [0.15, 0.2) is 0 Å². The van der Waals surface area contributed by atoms with E-state index in [0.29, 0.717) is 21.5 Å². The average Bonchev–Trinajstić information content (AvgIpc) is 2.35. The number of benzene rings is 2. The van der Waals surface area contributed by atoms with Gasteiger partial charge in [0, 0.05) is 16.8 Å². The molecule has 0 heterocycles. The first-order valence-corrected chi connectivity index (χ1v) is 6.01. The largest absolute Gasteiger partial charge is 0.495 e. The SMILES string of the molecule is COc1cc(Nc2ccc(Cl)cc2Cl)ccc1N. The summed E-state index contributed by atoms with van der Waals surface area (Å²) in [5.41, 5.74) is 7.94. The molecule has 0 amide bonds. The van der Waals surface area contributed by atoms with Crippen molar-refractivity contribution in [2.24, 2.45) is 0 Å². The number of methoxy groups -OCH3 is 1. The van der Waals surface area contributed by atoms with Crippen LogP contribution in [0.15, 0.2) is 36.4 Å². The van der Waals surface area contributed by atoms with E-state index in [1.54, 1.807) is 31.4 Å². The molecule has 0 saturated heterocycles. The molecule has 0 spiro atoms. The van der Waals surface area contributed by atoms with Gasteiger partial charge in [-0.25, -0.2) is 0 Å². The Balaban J connectivity index is 2.28. The third-order valence-electron chi connectivity index (χ3n) is 2.44. The molecule has 0 atom stereocenters. The molecule has 0 aliphatic carbocycles. The highest BCUT2D eigenvalue weighted by atomic mass is 35.5. The molecule has 0 unspecified atom stereocenters. The lowest BCUT2D eigenvalue weighted by molar-refractivity contribution is 0.417. The van der Waals surface area contributed by atoms with Gasteiger partial charge in [-0.15, -0.1) is 0 Å². The average molecular weight is 283 g/mol. The van der Waals surface area contributed by atoms with Crippen LogP contribution in [-0.2, 0) is 0 Å². The Morgan fingerprint density at radius 1 is 1.11 bits per heavy atom. The molecule has 0 aliphatic heterocycles. The molecule has 0 aromatic heterocycles. The Morgan fingerprint density at radius 2 is 1.89 bits per heavy atom. The summed E-state index contributed by atoms with van der Waals surface area (Å²) in [7, 11) is 1.57. The van der Waals surface area contributed by atoms with Gasteiger partial charge in [-0.2, -0.15) is 0 Å². The second kappa shape index (κ2) is 5.38. The molecule has 18 heavy (non-hydrogen) atoms. The summed E-state index contributed by atoms with van der Waals surface area (Å²) in [4.78, 5) is 0. The van der Waals surface area contributed by atoms with Crippen molar-refractivity contribution in [1.29, 1.82) is 0 Å². The minimum atomic E-state index is 0.554. The Kier molecular flexibility index (Phi) is 3.84. The van der Waals surface area contributed by atoms with Crippen LogP contribution in [0.2, 0.25) is 10.0 Å². The van der Waals surface area contributed by atoms with E-state index < -0.39 is 0 Å². The number of rotatable bonds is 3. The lowest BCUT2D eigenvalue weighted by atomic mass is 10.2. The normalized spacial score (nSPS) is 10.2. The minimum absolute atomic E-state index is 0.554. The maximum atomic E-state index is 6.08. The summed E-state index contributed by atoms with van der Waals surface area (Å²) < 4.78 is 5.15. The number of nitrogens with two attached hydrogens (primary N) is 1. The van der Waals surface area contributed by atoms with E-state index in [9.17, 15) is 0 Å². The van der Waals surface area contributed by atoms with Crippen LogP contribution in [0.1, 0.15) is 0 Å². The maximum Gasteiger partial charge on any atom is 0.143 e. The van der Waals surface area contributed by atoms with Gasteiger partial charge in [0.05, 0.1) is 23.5 Å². The molecule has 2 aromatic carbocycles. The van der Waals surface area contributed by atoms with Crippen LogP contribution < -0.4 is 15.8 Å². The van der Waals surface area contributed by atoms with Crippen LogP contribution in [0.3, 0.4) is 0 Å². The van der Waals surface area contributed by atoms with Crippen molar-refractivity contribution in [3.63, 3.8) is 0 Å². The zero-order valence-corrected chi connectivity index (χ0v) is 11.2. The fraction of sp³-hybridized carbons (Fsp3) is 0.0769. The molecule has 3 N–H and O–H groups in total. The van der Waals surface area contributed by atoms with Gasteiger partial charge >= 0.3 is 0 Å². The fourth-order valence-corrected chi connectivity index (χ4v) is 1.99. The standard InChI is InChI=1S/C13H12Cl2N2O/c1-18-13-7-9(3-4-11(13)16)17-12-5-2-8(14)6-10(12)15/h2-7,17H,16H2,1H3. The van der Waals surface area contributed by atoms with Gasteiger partial charge in [-0.05, 0) is 30.3 Å². The molecule has 0 fully saturated rings. The molecule has 0 aliphatic rings. The van der Waals surface area contributed by atoms with Crippen LogP contribution in [0, 0.1) is 0 Å². The monoisotopic (exact) mass is 282 g/mol. The predicted molar refractivity (Wildman–Crippen MR) is 77.2 cm³/mol. The quantitative estimate of drug-likeness (QED) is 0.824. The van der Waals surface area contributed by atoms with E-state index >= 15 is 0 Å². The maximum absolute atomic E-state index is 6.08. The van der Waals surface area contributed by atoms with Gasteiger partial charge in [0.1, 0.15) is 5.75 Å². The Bertz CT molecular complexity index is 573. The number of anilines is 3. The van der Waals surface area contributed by atoms with Gasteiger partial charge in [0.25, 0.3) is 0 Å². The van der Waals surface area contributed by atoms with Gasteiger partial charge < -0.3 is 15.8 Å². The second-order valence-electron chi connectivity index (χ2n) is 3.71. The topological polar surface area (TPSA) is 47.3 Å². The van der Waals surface area contributed by atoms with Crippen LogP contribution in [0.5, 0.6) is 5.75 Å². The van der Waals surface area contributed by atoms with E-state index in [1.807, 2.05) is 12.1 Å². The molecule has 3 nitrogen and oxygen atoms in total. The lowest BCUT2D eigenvalue weighted by Crippen LogP contribution is -1.95. The zero-order chi connectivity index (χ0) is 13.1. The van der Waals surface area contributed by atoms with Crippen molar-refractivity contribution in [3.8, 4) is 5.75 Å². The third kappa shape index (κ3) is 2.81. The summed E-state index contributed by atoms with van der Waals surface area (Å²) in [6, 6.07) is 10.7. The first-order valence-electron chi connectivity index (χ1n) is 5.26. The summed E-state index contributed by atoms with van der Waals surface area (Å²) in [5, 5.41) is 4.33. The summed E-state index contributed by atoms with van der Waals surface area (Å²) in [5.74, 6) is 0.616. The first kappa shape index (κ1) is 12.9. The van der Waals surface area contributed by atoms with E-state index in [-0.39, 0.29) is 0 Å². The van der Waals surface area contributed by atoms with Crippen molar-refractivity contribution >= 4 is 40.3 Å². The van der Waals surface area contributed by atoms with E-state index in [0.717, 1.165) is 11.4 Å². The molecule has 0 bridgehead atoms. The van der Waals surface area contributed by atoms with Crippen molar-refractivity contribution in [2.75, 3.05) is 18.2 Å². The Morgan fingerprint density at radius 3 is 2.56 bits per heavy atom. The molecule has 0 saturated carbocycles. The Labute approximate surface area is 115 Å². The predicted octanol–water partition coefficient (Wildman–Crippen LogP) is 4.33. The summed E-state index contributed by atoms with van der Waals surface area (Å²) in [6.45, 7) is 0. The van der Waals surface area contributed by atoms with E-state index in [1.165, 1.54) is 0 Å². The van der Waals surface area contributed by atoms with Crippen molar-refractivity contribution < 1.29 is 4.74 Å². The van der Waals surface area contributed by atoms with Crippen LogP contribution in [0.4, 0.5) is 17.1 Å². The van der Waals surface area contributed by atoms with Crippen LogP contribution in [0.25, 0.3) is 0 Å². The van der Waals surface area contributed by atoms with Crippen molar-refractivity contribution in [2.45, 2.75) is 0 Å². The van der Waals surface area contributed by atoms with Crippen LogP contribution >= 0.6 is 23.2 Å². The number of nitrogen functional groups attached to an aromatic ring is 1. The molecule has 94 valence electrons. The van der Waals surface area contributed by atoms with Gasteiger partial charge in [-0.3, -0.25) is 0 Å². The number of halogens is 2. The van der Waals surface area contributed by atoms with Gasteiger partial charge in [-0.1, -0.05) is 23.2 Å². The second-order valence-corrected chi connectivity index (χ2v) is 4.55. The van der Waals surface area contributed by atoms with E-state index in [2.05, 4.69) is 5.32 Å². The summed E-state index contributed by atoms with van der Waals surface area (Å²) in [6.07, 6.45) is 0. The highest BCUT2D eigenvalue weighted by molar-refractivity contribution is 6.36. The molecule has 5 heteroatoms. The molecule has 0 radical (unpaired) electrons. The smallest absolute Gasteiger partial charge is 0.143 e. The first-order chi connectivity index (χ1) is 8.60. The van der Waals surface area contributed by atoms with Gasteiger partial charge in [0.2, 0.25) is 0 Å². The molecule has 2 aromatic rings.